The van der Waals surface area contributed by atoms with Crippen LogP contribution in [-0.2, 0) is 19.9 Å². The smallest absolute Gasteiger partial charge is 0.244 e. The first kappa shape index (κ1) is 12.5. The monoisotopic (exact) mass is 279 g/mol. The lowest BCUT2D eigenvalue weighted by Gasteiger charge is -2.10. The molecule has 2 heterocycles. The van der Waals surface area contributed by atoms with Gasteiger partial charge in [0.2, 0.25) is 10.0 Å². The number of H-pyrrole nitrogens is 1. The molecule has 96 valence electrons. The molecule has 0 saturated carbocycles. The van der Waals surface area contributed by atoms with Gasteiger partial charge in [-0.3, -0.25) is 5.10 Å². The summed E-state index contributed by atoms with van der Waals surface area (Å²) in [5, 5.41) is 6.16. The van der Waals surface area contributed by atoms with Crippen LogP contribution in [0.25, 0.3) is 0 Å². The Hall–Kier alpha value is -0.930. The summed E-state index contributed by atoms with van der Waals surface area (Å²) >= 11 is 0. The summed E-state index contributed by atoms with van der Waals surface area (Å²) in [5.74, 6) is -0.103. The number of hydrogen-bond donors (Lipinski definition) is 2. The lowest BCUT2D eigenvalue weighted by Crippen LogP contribution is -2.35. The van der Waals surface area contributed by atoms with Crippen LogP contribution in [-0.4, -0.2) is 44.6 Å². The summed E-state index contributed by atoms with van der Waals surface area (Å²) in [4.78, 5) is 0.0572. The molecule has 9 heteroatoms. The second kappa shape index (κ2) is 4.07. The van der Waals surface area contributed by atoms with Crippen molar-refractivity contribution >= 4 is 19.9 Å². The molecule has 1 aliphatic rings. The largest absolute Gasteiger partial charge is 0.281 e. The quantitative estimate of drug-likeness (QED) is 0.751. The van der Waals surface area contributed by atoms with Crippen molar-refractivity contribution in [2.75, 3.05) is 11.5 Å². The van der Waals surface area contributed by atoms with Crippen LogP contribution >= 0.6 is 0 Å². The highest BCUT2D eigenvalue weighted by atomic mass is 32.2. The van der Waals surface area contributed by atoms with Crippen molar-refractivity contribution in [2.24, 2.45) is 0 Å². The normalized spacial score (nSPS) is 23.9. The second-order valence-corrected chi connectivity index (χ2v) is 7.99. The summed E-state index contributed by atoms with van der Waals surface area (Å²) < 4.78 is 48.7. The van der Waals surface area contributed by atoms with Crippen molar-refractivity contribution in [3.05, 3.63) is 11.9 Å². The summed E-state index contributed by atoms with van der Waals surface area (Å²) in [7, 11) is -6.79. The van der Waals surface area contributed by atoms with E-state index in [1.165, 1.54) is 6.20 Å². The molecular formula is C8H13N3O4S2. The van der Waals surface area contributed by atoms with Crippen LogP contribution in [0.15, 0.2) is 11.1 Å². The van der Waals surface area contributed by atoms with Crippen LogP contribution in [0.2, 0.25) is 0 Å². The van der Waals surface area contributed by atoms with Crippen molar-refractivity contribution in [1.82, 2.24) is 14.9 Å². The van der Waals surface area contributed by atoms with E-state index in [9.17, 15) is 16.8 Å². The third-order valence-corrected chi connectivity index (χ3v) is 6.03. The highest BCUT2D eigenvalue weighted by Crippen LogP contribution is 2.16. The van der Waals surface area contributed by atoms with Crippen molar-refractivity contribution in [2.45, 2.75) is 24.3 Å². The van der Waals surface area contributed by atoms with E-state index in [1.807, 2.05) is 0 Å². The Morgan fingerprint density at radius 1 is 1.53 bits per heavy atom. The summed E-state index contributed by atoms with van der Waals surface area (Å²) in [6.07, 6.45) is 1.53. The average molecular weight is 279 g/mol. The van der Waals surface area contributed by atoms with Gasteiger partial charge >= 0.3 is 0 Å². The van der Waals surface area contributed by atoms with E-state index >= 15 is 0 Å². The third kappa shape index (κ3) is 2.67. The van der Waals surface area contributed by atoms with Crippen molar-refractivity contribution in [3.8, 4) is 0 Å². The fourth-order valence-electron chi connectivity index (χ4n) is 1.78. The Bertz CT molecular complexity index is 617. The number of aromatic nitrogens is 2. The van der Waals surface area contributed by atoms with Gasteiger partial charge in [0, 0.05) is 6.04 Å². The Morgan fingerprint density at radius 2 is 2.24 bits per heavy atom. The van der Waals surface area contributed by atoms with E-state index in [-0.39, 0.29) is 16.4 Å². The molecule has 0 bridgehead atoms. The molecule has 1 aromatic heterocycles. The number of sulfone groups is 1. The minimum Gasteiger partial charge on any atom is -0.281 e. The number of nitrogens with one attached hydrogen (secondary N) is 2. The van der Waals surface area contributed by atoms with Crippen LogP contribution < -0.4 is 4.72 Å². The van der Waals surface area contributed by atoms with E-state index in [2.05, 4.69) is 14.9 Å². The number of hydrogen-bond acceptors (Lipinski definition) is 5. The topological polar surface area (TPSA) is 109 Å². The maximum absolute atomic E-state index is 11.9. The van der Waals surface area contributed by atoms with E-state index in [0.29, 0.717) is 12.1 Å². The van der Waals surface area contributed by atoms with Crippen LogP contribution in [0.3, 0.4) is 0 Å². The number of rotatable bonds is 3. The van der Waals surface area contributed by atoms with E-state index in [4.69, 9.17) is 0 Å². The van der Waals surface area contributed by atoms with Crippen LogP contribution in [0, 0.1) is 6.92 Å². The number of aryl methyl sites for hydroxylation is 1. The fourth-order valence-corrected chi connectivity index (χ4v) is 4.97. The van der Waals surface area contributed by atoms with Gasteiger partial charge in [-0.1, -0.05) is 0 Å². The maximum Gasteiger partial charge on any atom is 0.244 e. The second-order valence-electron chi connectivity index (χ2n) is 4.08. The van der Waals surface area contributed by atoms with Crippen molar-refractivity contribution < 1.29 is 16.8 Å². The molecule has 1 atom stereocenters. The molecule has 1 unspecified atom stereocenters. The zero-order valence-electron chi connectivity index (χ0n) is 9.17. The molecule has 1 aliphatic heterocycles. The molecule has 1 saturated heterocycles. The van der Waals surface area contributed by atoms with E-state index < -0.39 is 25.9 Å². The number of sulfonamides is 1. The summed E-state index contributed by atoms with van der Waals surface area (Å²) in [5.41, 5.74) is 0.429. The summed E-state index contributed by atoms with van der Waals surface area (Å²) in [6.45, 7) is 1.59. The first-order valence-electron chi connectivity index (χ1n) is 5.03. The SMILES string of the molecule is Cc1[nH]ncc1S(=O)(=O)NC1CCS(=O)(=O)C1. The zero-order chi connectivity index (χ0) is 12.7. The van der Waals surface area contributed by atoms with Gasteiger partial charge in [0.25, 0.3) is 0 Å². The van der Waals surface area contributed by atoms with E-state index in [1.54, 1.807) is 6.92 Å². The Kier molecular flexibility index (Phi) is 3.00. The molecule has 1 aromatic rings. The van der Waals surface area contributed by atoms with Gasteiger partial charge in [-0.05, 0) is 13.3 Å². The Labute approximate surface area is 99.6 Å². The fraction of sp³-hybridized carbons (Fsp3) is 0.625. The van der Waals surface area contributed by atoms with Gasteiger partial charge in [-0.25, -0.2) is 21.6 Å². The lowest BCUT2D eigenvalue weighted by atomic mass is 10.3. The minimum atomic E-state index is -3.69. The van der Waals surface area contributed by atoms with Gasteiger partial charge in [-0.2, -0.15) is 5.10 Å². The van der Waals surface area contributed by atoms with Gasteiger partial charge in [0.05, 0.1) is 23.4 Å². The molecule has 1 fully saturated rings. The molecule has 0 radical (unpaired) electrons. The highest BCUT2D eigenvalue weighted by molar-refractivity contribution is 7.92. The first-order chi connectivity index (χ1) is 7.80. The van der Waals surface area contributed by atoms with Crippen LogP contribution in [0.5, 0.6) is 0 Å². The standard InChI is InChI=1S/C8H13N3O4S2/c1-6-8(4-9-10-6)17(14,15)11-7-2-3-16(12,13)5-7/h4,7,11H,2-3,5H2,1H3,(H,9,10). The molecule has 2 rings (SSSR count). The Morgan fingerprint density at radius 3 is 2.71 bits per heavy atom. The number of aromatic amines is 1. The van der Waals surface area contributed by atoms with Gasteiger partial charge in [0.15, 0.2) is 9.84 Å². The molecule has 0 amide bonds. The lowest BCUT2D eigenvalue weighted by molar-refractivity contribution is 0.562. The molecule has 7 nitrogen and oxygen atoms in total. The summed E-state index contributed by atoms with van der Waals surface area (Å²) in [6, 6.07) is -0.542. The van der Waals surface area contributed by atoms with Crippen LogP contribution in [0.4, 0.5) is 0 Å². The number of nitrogens with zero attached hydrogens (tertiary/aromatic N) is 1. The first-order valence-corrected chi connectivity index (χ1v) is 8.33. The van der Waals surface area contributed by atoms with Gasteiger partial charge < -0.3 is 0 Å². The van der Waals surface area contributed by atoms with Crippen LogP contribution in [0.1, 0.15) is 12.1 Å². The van der Waals surface area contributed by atoms with E-state index in [0.717, 1.165) is 0 Å². The predicted octanol–water partition coefficient (Wildman–Crippen LogP) is -0.816. The van der Waals surface area contributed by atoms with Gasteiger partial charge in [0.1, 0.15) is 4.90 Å². The third-order valence-electron chi connectivity index (χ3n) is 2.63. The highest BCUT2D eigenvalue weighted by Gasteiger charge is 2.32. The zero-order valence-corrected chi connectivity index (χ0v) is 10.8. The average Bonchev–Trinajstić information content (AvgIpc) is 2.72. The van der Waals surface area contributed by atoms with Crippen molar-refractivity contribution in [3.63, 3.8) is 0 Å². The predicted molar refractivity (Wildman–Crippen MR) is 60.7 cm³/mol. The minimum absolute atomic E-state index is 0.0323. The van der Waals surface area contributed by atoms with Crippen molar-refractivity contribution in [1.29, 1.82) is 0 Å². The maximum atomic E-state index is 11.9. The molecule has 0 aliphatic carbocycles. The molecule has 2 N–H and O–H groups in total. The Balaban J connectivity index is 2.17. The van der Waals surface area contributed by atoms with Gasteiger partial charge in [-0.15, -0.1) is 0 Å². The molecular weight excluding hydrogens is 266 g/mol. The molecule has 0 spiro atoms. The molecule has 0 aromatic carbocycles. The molecule has 17 heavy (non-hydrogen) atoms.